The highest BCUT2D eigenvalue weighted by molar-refractivity contribution is 6.34. The smallest absolute Gasteiger partial charge is 0.0575 e. The van der Waals surface area contributed by atoms with Gasteiger partial charge in [-0.1, -0.05) is 121 Å². The fourth-order valence-electron chi connectivity index (χ4n) is 5.74. The highest BCUT2D eigenvalue weighted by atomic mass is 14.9. The second-order valence-corrected chi connectivity index (χ2v) is 8.99. The molecule has 0 unspecified atom stereocenters. The number of aromatic nitrogens is 1. The molecule has 34 heavy (non-hydrogen) atoms. The first-order valence-corrected chi connectivity index (χ1v) is 11.8. The zero-order chi connectivity index (χ0) is 22.6. The molecule has 0 radical (unpaired) electrons. The number of benzene rings is 6. The molecule has 0 spiro atoms. The highest BCUT2D eigenvalue weighted by Crippen LogP contribution is 2.46. The molecule has 0 atom stereocenters. The van der Waals surface area contributed by atoms with Gasteiger partial charge in [-0.2, -0.15) is 0 Å². The molecule has 1 aromatic heterocycles. The van der Waals surface area contributed by atoms with Gasteiger partial charge in [0, 0.05) is 28.8 Å². The minimum absolute atomic E-state index is 1.24. The summed E-state index contributed by atoms with van der Waals surface area (Å²) in [4.78, 5) is 0. The van der Waals surface area contributed by atoms with Crippen LogP contribution in [0.1, 0.15) is 0 Å². The summed E-state index contributed by atoms with van der Waals surface area (Å²) in [6, 6.07) is 43.9. The topological polar surface area (TPSA) is 4.93 Å². The van der Waals surface area contributed by atoms with Crippen LogP contribution >= 0.6 is 0 Å². The molecular weight excluding hydrogens is 410 g/mol. The Balaban J connectivity index is 1.81. The van der Waals surface area contributed by atoms with Crippen molar-refractivity contribution < 1.29 is 0 Å². The molecule has 160 valence electrons. The van der Waals surface area contributed by atoms with Crippen molar-refractivity contribution in [2.24, 2.45) is 7.05 Å². The molecule has 0 aliphatic rings. The van der Waals surface area contributed by atoms with Crippen LogP contribution in [-0.2, 0) is 7.05 Å². The Bertz CT molecular complexity index is 1840. The Hall–Kier alpha value is -4.36. The molecule has 0 aliphatic carbocycles. The van der Waals surface area contributed by atoms with Crippen LogP contribution in [0.3, 0.4) is 0 Å². The third-order valence-corrected chi connectivity index (χ3v) is 7.17. The molecule has 1 nitrogen and oxygen atoms in total. The number of rotatable bonds is 2. The van der Waals surface area contributed by atoms with Crippen LogP contribution < -0.4 is 0 Å². The average molecular weight is 434 g/mol. The van der Waals surface area contributed by atoms with E-state index in [0.717, 1.165) is 0 Å². The third-order valence-electron chi connectivity index (χ3n) is 7.17. The van der Waals surface area contributed by atoms with Gasteiger partial charge in [0.25, 0.3) is 0 Å². The van der Waals surface area contributed by atoms with Crippen LogP contribution in [0.25, 0.3) is 65.6 Å². The summed E-state index contributed by atoms with van der Waals surface area (Å²) in [5.41, 5.74) is 7.61. The summed E-state index contributed by atoms with van der Waals surface area (Å²) < 4.78 is 2.42. The lowest BCUT2D eigenvalue weighted by Crippen LogP contribution is -1.92. The summed E-state index contributed by atoms with van der Waals surface area (Å²) in [5, 5.41) is 7.88. The molecule has 0 N–H and O–H groups in total. The van der Waals surface area contributed by atoms with E-state index in [-0.39, 0.29) is 0 Å². The summed E-state index contributed by atoms with van der Waals surface area (Å²) in [7, 11) is 2.23. The zero-order valence-corrected chi connectivity index (χ0v) is 19.0. The molecule has 6 aromatic carbocycles. The van der Waals surface area contributed by atoms with Gasteiger partial charge in [-0.25, -0.2) is 0 Å². The van der Waals surface area contributed by atoms with Gasteiger partial charge in [-0.05, 0) is 32.8 Å². The molecular formula is C33H23N. The van der Waals surface area contributed by atoms with Crippen LogP contribution in [0.5, 0.6) is 0 Å². The lowest BCUT2D eigenvalue weighted by atomic mass is 9.91. The van der Waals surface area contributed by atoms with Gasteiger partial charge in [0.1, 0.15) is 0 Å². The maximum Gasteiger partial charge on any atom is 0.0575 e. The summed E-state index contributed by atoms with van der Waals surface area (Å²) in [6.07, 6.45) is 0. The highest BCUT2D eigenvalue weighted by Gasteiger charge is 2.21. The maximum absolute atomic E-state index is 2.42. The van der Waals surface area contributed by atoms with E-state index in [1.807, 2.05) is 0 Å². The lowest BCUT2D eigenvalue weighted by Gasteiger charge is -2.11. The van der Waals surface area contributed by atoms with Gasteiger partial charge in [-0.15, -0.1) is 0 Å². The fraction of sp³-hybridized carbons (Fsp3) is 0.0303. The van der Waals surface area contributed by atoms with Crippen molar-refractivity contribution in [2.75, 3.05) is 0 Å². The minimum atomic E-state index is 1.24. The van der Waals surface area contributed by atoms with Gasteiger partial charge < -0.3 is 4.57 Å². The molecule has 1 heteroatoms. The molecule has 7 rings (SSSR count). The maximum atomic E-state index is 2.42. The first kappa shape index (κ1) is 19.1. The number of fused-ring (bicyclic) bond motifs is 8. The second-order valence-electron chi connectivity index (χ2n) is 8.99. The Labute approximate surface area is 198 Å². The average Bonchev–Trinajstić information content (AvgIpc) is 3.23. The second kappa shape index (κ2) is 7.33. The molecule has 1 heterocycles. The summed E-state index contributed by atoms with van der Waals surface area (Å²) >= 11 is 0. The number of aryl methyl sites for hydroxylation is 1. The van der Waals surface area contributed by atoms with E-state index in [9.17, 15) is 0 Å². The van der Waals surface area contributed by atoms with Gasteiger partial charge in [-0.3, -0.25) is 0 Å². The first-order valence-electron chi connectivity index (χ1n) is 11.8. The van der Waals surface area contributed by atoms with E-state index in [0.29, 0.717) is 0 Å². The van der Waals surface area contributed by atoms with E-state index in [1.165, 1.54) is 65.6 Å². The summed E-state index contributed by atoms with van der Waals surface area (Å²) in [6.45, 7) is 0. The van der Waals surface area contributed by atoms with Crippen molar-refractivity contribution in [3.8, 4) is 22.3 Å². The number of hydrogen-bond donors (Lipinski definition) is 0. The predicted molar refractivity (Wildman–Crippen MR) is 146 cm³/mol. The Morgan fingerprint density at radius 2 is 0.853 bits per heavy atom. The standard InChI is InChI=1S/C33H23N/c1-34-32-25(23-14-6-3-7-15-23)21-20-24(22-12-4-2-5-13-22)30(32)31-28-18-10-8-16-26(28)27-17-9-11-19-29(27)33(31)34/h2-21H,1H3. The predicted octanol–water partition coefficient (Wildman–Crippen LogP) is 8.97. The van der Waals surface area contributed by atoms with Crippen molar-refractivity contribution in [1.82, 2.24) is 4.57 Å². The molecule has 0 bridgehead atoms. The van der Waals surface area contributed by atoms with Gasteiger partial charge in [0.05, 0.1) is 11.0 Å². The fourth-order valence-corrected chi connectivity index (χ4v) is 5.74. The van der Waals surface area contributed by atoms with Gasteiger partial charge in [0.2, 0.25) is 0 Å². The van der Waals surface area contributed by atoms with E-state index in [4.69, 9.17) is 0 Å². The summed E-state index contributed by atoms with van der Waals surface area (Å²) in [5.74, 6) is 0. The molecule has 7 aromatic rings. The number of nitrogens with zero attached hydrogens (tertiary/aromatic N) is 1. The van der Waals surface area contributed by atoms with Gasteiger partial charge >= 0.3 is 0 Å². The van der Waals surface area contributed by atoms with Crippen LogP contribution in [0.4, 0.5) is 0 Å². The molecule has 0 amide bonds. The van der Waals surface area contributed by atoms with E-state index >= 15 is 0 Å². The van der Waals surface area contributed by atoms with Gasteiger partial charge in [0.15, 0.2) is 0 Å². The Kier molecular flexibility index (Phi) is 4.13. The lowest BCUT2D eigenvalue weighted by molar-refractivity contribution is 1.02. The van der Waals surface area contributed by atoms with Crippen LogP contribution in [0.2, 0.25) is 0 Å². The van der Waals surface area contributed by atoms with E-state index < -0.39 is 0 Å². The monoisotopic (exact) mass is 433 g/mol. The van der Waals surface area contributed by atoms with E-state index in [1.54, 1.807) is 0 Å². The minimum Gasteiger partial charge on any atom is -0.343 e. The zero-order valence-electron chi connectivity index (χ0n) is 19.0. The van der Waals surface area contributed by atoms with Crippen molar-refractivity contribution in [3.63, 3.8) is 0 Å². The van der Waals surface area contributed by atoms with Crippen LogP contribution in [0, 0.1) is 0 Å². The van der Waals surface area contributed by atoms with E-state index in [2.05, 4.69) is 133 Å². The van der Waals surface area contributed by atoms with Crippen molar-refractivity contribution >= 4 is 43.4 Å². The van der Waals surface area contributed by atoms with Crippen molar-refractivity contribution in [3.05, 3.63) is 121 Å². The Morgan fingerprint density at radius 3 is 1.50 bits per heavy atom. The SMILES string of the molecule is Cn1c2c(-c3ccccc3)ccc(-c3ccccc3)c2c2c3ccccc3c3ccccc3c21. The van der Waals surface area contributed by atoms with Crippen LogP contribution in [-0.4, -0.2) is 4.57 Å². The van der Waals surface area contributed by atoms with Crippen LogP contribution in [0.15, 0.2) is 121 Å². The molecule has 0 aliphatic heterocycles. The third kappa shape index (κ3) is 2.61. The molecule has 0 saturated carbocycles. The van der Waals surface area contributed by atoms with Crippen molar-refractivity contribution in [1.29, 1.82) is 0 Å². The molecule has 0 fully saturated rings. The quantitative estimate of drug-likeness (QED) is 0.240. The molecule has 0 saturated heterocycles. The number of hydrogen-bond acceptors (Lipinski definition) is 0. The largest absolute Gasteiger partial charge is 0.343 e. The van der Waals surface area contributed by atoms with Crippen molar-refractivity contribution in [2.45, 2.75) is 0 Å². The Morgan fingerprint density at radius 1 is 0.382 bits per heavy atom. The first-order chi connectivity index (χ1) is 16.8. The normalized spacial score (nSPS) is 11.7.